The van der Waals surface area contributed by atoms with Gasteiger partial charge in [-0.3, -0.25) is 4.79 Å². The average molecular weight is 287 g/mol. The van der Waals surface area contributed by atoms with Gasteiger partial charge in [0.25, 0.3) is 5.91 Å². The lowest BCUT2D eigenvalue weighted by Gasteiger charge is -2.07. The third-order valence-corrected chi connectivity index (χ3v) is 2.76. The summed E-state index contributed by atoms with van der Waals surface area (Å²) >= 11 is 3.15. The number of halogens is 1. The van der Waals surface area contributed by atoms with Crippen molar-refractivity contribution in [1.29, 1.82) is 0 Å². The summed E-state index contributed by atoms with van der Waals surface area (Å²) in [5, 5.41) is 12.1. The minimum atomic E-state index is -0.205. The van der Waals surface area contributed by atoms with Crippen LogP contribution in [0, 0.1) is 0 Å². The Morgan fingerprint density at radius 2 is 2.31 bits per heavy atom. The van der Waals surface area contributed by atoms with E-state index in [1.54, 1.807) is 12.1 Å². The molecule has 1 rings (SSSR count). The number of aromatic hydroxyl groups is 1. The lowest BCUT2D eigenvalue weighted by molar-refractivity contribution is 0.0952. The van der Waals surface area contributed by atoms with Gasteiger partial charge in [0, 0.05) is 18.2 Å². The summed E-state index contributed by atoms with van der Waals surface area (Å²) in [6, 6.07) is 4.77. The number of benzene rings is 1. The number of nitrogens with two attached hydrogens (primary N) is 1. The van der Waals surface area contributed by atoms with E-state index in [9.17, 15) is 9.90 Å². The number of nitrogens with one attached hydrogen (secondary N) is 1. The number of carbonyl (C=O) groups is 1. The van der Waals surface area contributed by atoms with E-state index >= 15 is 0 Å². The molecule has 4 N–H and O–H groups in total. The molecule has 0 aliphatic carbocycles. The van der Waals surface area contributed by atoms with Gasteiger partial charge in [0.1, 0.15) is 5.75 Å². The van der Waals surface area contributed by atoms with Crippen molar-refractivity contribution in [3.63, 3.8) is 0 Å². The minimum Gasteiger partial charge on any atom is -0.507 e. The maximum absolute atomic E-state index is 11.6. The molecule has 0 heterocycles. The summed E-state index contributed by atoms with van der Waals surface area (Å²) in [5.74, 6) is -0.150. The van der Waals surface area contributed by atoms with E-state index in [0.29, 0.717) is 16.6 Å². The van der Waals surface area contributed by atoms with Gasteiger partial charge in [-0.15, -0.1) is 0 Å². The molecule has 5 heteroatoms. The Kier molecular flexibility index (Phi) is 4.76. The van der Waals surface area contributed by atoms with Gasteiger partial charge in [0.2, 0.25) is 0 Å². The molecular formula is C11H15BrN2O2. The van der Waals surface area contributed by atoms with E-state index in [0.717, 1.165) is 6.42 Å². The van der Waals surface area contributed by atoms with Crippen LogP contribution in [-0.4, -0.2) is 23.6 Å². The first kappa shape index (κ1) is 13.0. The number of phenols is 1. The third-order valence-electron chi connectivity index (χ3n) is 2.09. The molecule has 16 heavy (non-hydrogen) atoms. The van der Waals surface area contributed by atoms with Crippen molar-refractivity contribution in [3.8, 4) is 5.75 Å². The Balaban J connectivity index is 2.56. The van der Waals surface area contributed by atoms with Gasteiger partial charge in [-0.1, -0.05) is 0 Å². The molecule has 88 valence electrons. The molecule has 0 aliphatic rings. The van der Waals surface area contributed by atoms with Crippen LogP contribution in [0.1, 0.15) is 23.7 Å². The second-order valence-corrected chi connectivity index (χ2v) is 4.54. The lowest BCUT2D eigenvalue weighted by Crippen LogP contribution is -2.28. The van der Waals surface area contributed by atoms with Gasteiger partial charge >= 0.3 is 0 Å². The van der Waals surface area contributed by atoms with Gasteiger partial charge in [-0.05, 0) is 47.5 Å². The van der Waals surface area contributed by atoms with E-state index in [-0.39, 0.29) is 17.7 Å². The molecule has 0 aromatic heterocycles. The predicted octanol–water partition coefficient (Wildman–Crippen LogP) is 1.62. The topological polar surface area (TPSA) is 75.3 Å². The van der Waals surface area contributed by atoms with E-state index < -0.39 is 0 Å². The molecule has 1 amide bonds. The first-order chi connectivity index (χ1) is 7.50. The van der Waals surface area contributed by atoms with Crippen molar-refractivity contribution in [3.05, 3.63) is 28.2 Å². The zero-order valence-electron chi connectivity index (χ0n) is 9.03. The van der Waals surface area contributed by atoms with Gasteiger partial charge in [-0.2, -0.15) is 0 Å². The molecule has 0 spiro atoms. The third kappa shape index (κ3) is 3.83. The normalized spacial score (nSPS) is 12.2. The fourth-order valence-electron chi connectivity index (χ4n) is 1.17. The molecule has 1 unspecified atom stereocenters. The van der Waals surface area contributed by atoms with Gasteiger partial charge in [-0.25, -0.2) is 0 Å². The Hall–Kier alpha value is -1.07. The molecule has 0 fully saturated rings. The zero-order chi connectivity index (χ0) is 12.1. The van der Waals surface area contributed by atoms with Crippen LogP contribution in [0.5, 0.6) is 5.75 Å². The van der Waals surface area contributed by atoms with Crippen molar-refractivity contribution in [2.75, 3.05) is 6.54 Å². The molecule has 0 aliphatic heterocycles. The van der Waals surface area contributed by atoms with E-state index in [1.807, 2.05) is 6.92 Å². The number of hydrogen-bond donors (Lipinski definition) is 3. The highest BCUT2D eigenvalue weighted by atomic mass is 79.9. The van der Waals surface area contributed by atoms with Crippen LogP contribution >= 0.6 is 15.9 Å². The second kappa shape index (κ2) is 5.86. The maximum Gasteiger partial charge on any atom is 0.251 e. The maximum atomic E-state index is 11.6. The highest BCUT2D eigenvalue weighted by Gasteiger charge is 2.07. The van der Waals surface area contributed by atoms with Crippen LogP contribution in [0.3, 0.4) is 0 Å². The summed E-state index contributed by atoms with van der Waals surface area (Å²) in [5.41, 5.74) is 6.00. The van der Waals surface area contributed by atoms with Crippen LogP contribution in [0.15, 0.2) is 22.7 Å². The number of phenolic OH excluding ortho intramolecular Hbond substituents is 1. The first-order valence-corrected chi connectivity index (χ1v) is 5.82. The Labute approximate surface area is 103 Å². The van der Waals surface area contributed by atoms with Crippen molar-refractivity contribution >= 4 is 21.8 Å². The minimum absolute atomic E-state index is 0.0554. The SMILES string of the molecule is CC(N)CCNC(=O)c1ccc(Br)c(O)c1. The second-order valence-electron chi connectivity index (χ2n) is 3.69. The smallest absolute Gasteiger partial charge is 0.251 e. The molecule has 1 atom stereocenters. The first-order valence-electron chi connectivity index (χ1n) is 5.03. The number of rotatable bonds is 4. The molecule has 1 aromatic carbocycles. The standard InChI is InChI=1S/C11H15BrN2O2/c1-7(13)4-5-14-11(16)8-2-3-9(12)10(15)6-8/h2-3,6-7,15H,4-5,13H2,1H3,(H,14,16). The Morgan fingerprint density at radius 3 is 2.88 bits per heavy atom. The molecule has 4 nitrogen and oxygen atoms in total. The van der Waals surface area contributed by atoms with Crippen LogP contribution in [0.25, 0.3) is 0 Å². The van der Waals surface area contributed by atoms with Gasteiger partial charge in [0.05, 0.1) is 4.47 Å². The molecule has 0 bridgehead atoms. The van der Waals surface area contributed by atoms with E-state index in [2.05, 4.69) is 21.2 Å². The lowest BCUT2D eigenvalue weighted by atomic mass is 10.2. The summed E-state index contributed by atoms with van der Waals surface area (Å²) < 4.78 is 0.569. The fourth-order valence-corrected chi connectivity index (χ4v) is 1.42. The fraction of sp³-hybridized carbons (Fsp3) is 0.364. The molecular weight excluding hydrogens is 272 g/mol. The van der Waals surface area contributed by atoms with Crippen LogP contribution < -0.4 is 11.1 Å². The molecule has 1 aromatic rings. The van der Waals surface area contributed by atoms with Crippen molar-refractivity contribution in [2.24, 2.45) is 5.73 Å². The summed E-state index contributed by atoms with van der Waals surface area (Å²) in [6.07, 6.45) is 0.730. The number of hydrogen-bond acceptors (Lipinski definition) is 3. The Morgan fingerprint density at radius 1 is 1.62 bits per heavy atom. The number of carbonyl (C=O) groups excluding carboxylic acids is 1. The molecule has 0 saturated carbocycles. The van der Waals surface area contributed by atoms with E-state index in [4.69, 9.17) is 5.73 Å². The quantitative estimate of drug-likeness (QED) is 0.787. The average Bonchev–Trinajstić information content (AvgIpc) is 2.21. The highest BCUT2D eigenvalue weighted by Crippen LogP contribution is 2.24. The van der Waals surface area contributed by atoms with Crippen LogP contribution in [0.2, 0.25) is 0 Å². The van der Waals surface area contributed by atoms with Crippen LogP contribution in [0.4, 0.5) is 0 Å². The van der Waals surface area contributed by atoms with Crippen LogP contribution in [-0.2, 0) is 0 Å². The van der Waals surface area contributed by atoms with Gasteiger partial charge < -0.3 is 16.2 Å². The largest absolute Gasteiger partial charge is 0.507 e. The van der Waals surface area contributed by atoms with E-state index in [1.165, 1.54) is 6.07 Å². The zero-order valence-corrected chi connectivity index (χ0v) is 10.6. The summed E-state index contributed by atoms with van der Waals surface area (Å²) in [4.78, 5) is 11.6. The number of amides is 1. The molecule has 0 saturated heterocycles. The summed E-state index contributed by atoms with van der Waals surface area (Å²) in [6.45, 7) is 2.42. The van der Waals surface area contributed by atoms with Crippen molar-refractivity contribution in [2.45, 2.75) is 19.4 Å². The summed E-state index contributed by atoms with van der Waals surface area (Å²) in [7, 11) is 0. The predicted molar refractivity (Wildman–Crippen MR) is 66.4 cm³/mol. The molecule has 0 radical (unpaired) electrons. The van der Waals surface area contributed by atoms with Crippen molar-refractivity contribution < 1.29 is 9.90 Å². The Bertz CT molecular complexity index is 380. The highest BCUT2D eigenvalue weighted by molar-refractivity contribution is 9.10. The van der Waals surface area contributed by atoms with Crippen molar-refractivity contribution in [1.82, 2.24) is 5.32 Å². The monoisotopic (exact) mass is 286 g/mol. The van der Waals surface area contributed by atoms with Gasteiger partial charge in [0.15, 0.2) is 0 Å².